The molecule has 0 aromatic heterocycles. The largest absolute Gasteiger partial charge is 0.376 e. The van der Waals surface area contributed by atoms with E-state index < -0.39 is 29.1 Å². The van der Waals surface area contributed by atoms with Crippen LogP contribution in [0.3, 0.4) is 0 Å². The van der Waals surface area contributed by atoms with E-state index >= 15 is 0 Å². The third-order valence-electron chi connectivity index (χ3n) is 3.79. The van der Waals surface area contributed by atoms with Crippen molar-refractivity contribution in [2.75, 3.05) is 13.2 Å². The van der Waals surface area contributed by atoms with Crippen molar-refractivity contribution in [3.8, 4) is 0 Å². The van der Waals surface area contributed by atoms with Crippen LogP contribution in [0.2, 0.25) is 0 Å². The molecule has 0 spiro atoms. The molecule has 128 valence electrons. The van der Waals surface area contributed by atoms with Crippen LogP contribution in [-0.2, 0) is 14.4 Å². The maximum absolute atomic E-state index is 12.5. The first-order chi connectivity index (χ1) is 11.3. The predicted octanol–water partition coefficient (Wildman–Crippen LogP) is 2.61. The maximum Gasteiger partial charge on any atom is 0.339 e. The standard InChI is InChI=1S/C18H21NO5/c1-5-10-23-11-14(18(2,3)4)17(22)24-19-15(20)12-8-6-7-9-13(12)16(19)21/h5-9,14H,1,10-11H2,2-4H3. The SMILES string of the molecule is C=CCOCC(C(=O)ON1C(=O)c2ccccc2C1=O)C(C)(C)C. The number of hydroxylamine groups is 2. The molecule has 6 heteroatoms. The highest BCUT2D eigenvalue weighted by Gasteiger charge is 2.41. The summed E-state index contributed by atoms with van der Waals surface area (Å²) in [6, 6.07) is 6.35. The van der Waals surface area contributed by atoms with Gasteiger partial charge in [-0.2, -0.15) is 0 Å². The lowest BCUT2D eigenvalue weighted by Crippen LogP contribution is -2.40. The third kappa shape index (κ3) is 3.54. The Bertz CT molecular complexity index is 639. The van der Waals surface area contributed by atoms with E-state index in [0.29, 0.717) is 11.7 Å². The number of carbonyl (C=O) groups is 3. The molecule has 1 heterocycles. The smallest absolute Gasteiger partial charge is 0.339 e. The fourth-order valence-corrected chi connectivity index (χ4v) is 2.34. The normalized spacial score (nSPS) is 15.2. The van der Waals surface area contributed by atoms with Gasteiger partial charge < -0.3 is 9.57 Å². The summed E-state index contributed by atoms with van der Waals surface area (Å²) in [4.78, 5) is 42.2. The maximum atomic E-state index is 12.5. The van der Waals surface area contributed by atoms with Gasteiger partial charge in [0.05, 0.1) is 30.3 Å². The molecule has 0 radical (unpaired) electrons. The van der Waals surface area contributed by atoms with Crippen LogP contribution >= 0.6 is 0 Å². The van der Waals surface area contributed by atoms with Crippen molar-refractivity contribution in [3.05, 3.63) is 48.0 Å². The minimum Gasteiger partial charge on any atom is -0.376 e. The van der Waals surface area contributed by atoms with E-state index in [1.165, 1.54) is 12.1 Å². The molecule has 0 N–H and O–H groups in total. The second-order valence-corrected chi connectivity index (χ2v) is 6.61. The van der Waals surface area contributed by atoms with Gasteiger partial charge in [0.25, 0.3) is 11.8 Å². The van der Waals surface area contributed by atoms with Gasteiger partial charge in [-0.15, -0.1) is 6.58 Å². The van der Waals surface area contributed by atoms with E-state index in [2.05, 4.69) is 6.58 Å². The molecule has 1 aromatic carbocycles. The number of imide groups is 1. The van der Waals surface area contributed by atoms with Gasteiger partial charge in [-0.25, -0.2) is 4.79 Å². The topological polar surface area (TPSA) is 72.9 Å². The predicted molar refractivity (Wildman–Crippen MR) is 87.0 cm³/mol. The van der Waals surface area contributed by atoms with Gasteiger partial charge in [-0.3, -0.25) is 9.59 Å². The minimum atomic E-state index is -0.680. The lowest BCUT2D eigenvalue weighted by atomic mass is 9.81. The number of hydrogen-bond donors (Lipinski definition) is 0. The average Bonchev–Trinajstić information content (AvgIpc) is 2.76. The number of rotatable bonds is 6. The molecule has 0 saturated heterocycles. The molecule has 1 atom stereocenters. The second kappa shape index (κ2) is 6.97. The van der Waals surface area contributed by atoms with Crippen molar-refractivity contribution in [2.24, 2.45) is 11.3 Å². The van der Waals surface area contributed by atoms with Crippen LogP contribution in [0.5, 0.6) is 0 Å². The molecule has 0 bridgehead atoms. The second-order valence-electron chi connectivity index (χ2n) is 6.61. The van der Waals surface area contributed by atoms with Crippen molar-refractivity contribution < 1.29 is 24.0 Å². The average molecular weight is 331 g/mol. The van der Waals surface area contributed by atoms with E-state index in [1.807, 2.05) is 20.8 Å². The number of carbonyl (C=O) groups excluding carboxylic acids is 3. The Hall–Kier alpha value is -2.47. The Morgan fingerprint density at radius 2 is 1.75 bits per heavy atom. The molecule has 1 aliphatic heterocycles. The minimum absolute atomic E-state index is 0.109. The van der Waals surface area contributed by atoms with Crippen molar-refractivity contribution in [3.63, 3.8) is 0 Å². The number of amides is 2. The first kappa shape index (κ1) is 17.9. The van der Waals surface area contributed by atoms with Gasteiger partial charge in [-0.05, 0) is 17.5 Å². The Morgan fingerprint density at radius 3 is 2.21 bits per heavy atom. The summed E-state index contributed by atoms with van der Waals surface area (Å²) >= 11 is 0. The van der Waals surface area contributed by atoms with Crippen LogP contribution in [0.15, 0.2) is 36.9 Å². The molecule has 0 fully saturated rings. The molecule has 6 nitrogen and oxygen atoms in total. The lowest BCUT2D eigenvalue weighted by molar-refractivity contribution is -0.180. The van der Waals surface area contributed by atoms with Gasteiger partial charge in [0.2, 0.25) is 0 Å². The summed E-state index contributed by atoms with van der Waals surface area (Å²) in [5, 5.41) is 0.527. The van der Waals surface area contributed by atoms with E-state index in [-0.39, 0.29) is 17.7 Å². The first-order valence-corrected chi connectivity index (χ1v) is 7.65. The Morgan fingerprint density at radius 1 is 1.21 bits per heavy atom. The van der Waals surface area contributed by atoms with Gasteiger partial charge in [-0.1, -0.05) is 44.0 Å². The Kier molecular flexibility index (Phi) is 5.19. The zero-order valence-corrected chi connectivity index (χ0v) is 14.1. The number of benzene rings is 1. The van der Waals surface area contributed by atoms with Crippen LogP contribution in [0, 0.1) is 11.3 Å². The number of nitrogens with zero attached hydrogens (tertiary/aromatic N) is 1. The van der Waals surface area contributed by atoms with Crippen molar-refractivity contribution >= 4 is 17.8 Å². The highest BCUT2D eigenvalue weighted by atomic mass is 16.7. The molecular weight excluding hydrogens is 310 g/mol. The summed E-state index contributed by atoms with van der Waals surface area (Å²) in [6.45, 7) is 9.54. The fourth-order valence-electron chi connectivity index (χ4n) is 2.34. The van der Waals surface area contributed by atoms with Gasteiger partial charge in [0, 0.05) is 0 Å². The van der Waals surface area contributed by atoms with Crippen LogP contribution < -0.4 is 0 Å². The van der Waals surface area contributed by atoms with E-state index in [1.54, 1.807) is 18.2 Å². The molecular formula is C18H21NO5. The molecule has 2 amide bonds. The van der Waals surface area contributed by atoms with Crippen molar-refractivity contribution in [2.45, 2.75) is 20.8 Å². The zero-order valence-electron chi connectivity index (χ0n) is 14.1. The molecule has 2 rings (SSSR count). The molecule has 1 aromatic rings. The fraction of sp³-hybridized carbons (Fsp3) is 0.389. The molecule has 0 aliphatic carbocycles. The first-order valence-electron chi connectivity index (χ1n) is 7.65. The highest BCUT2D eigenvalue weighted by molar-refractivity contribution is 6.20. The monoisotopic (exact) mass is 331 g/mol. The number of ether oxygens (including phenoxy) is 1. The van der Waals surface area contributed by atoms with E-state index in [4.69, 9.17) is 9.57 Å². The summed E-state index contributed by atoms with van der Waals surface area (Å²) in [5.74, 6) is -2.59. The molecule has 24 heavy (non-hydrogen) atoms. The summed E-state index contributed by atoms with van der Waals surface area (Å²) in [6.07, 6.45) is 1.58. The molecule has 1 aliphatic rings. The van der Waals surface area contributed by atoms with Crippen LogP contribution in [0.1, 0.15) is 41.5 Å². The number of hydrogen-bond acceptors (Lipinski definition) is 5. The van der Waals surface area contributed by atoms with Crippen molar-refractivity contribution in [1.29, 1.82) is 0 Å². The van der Waals surface area contributed by atoms with E-state index in [9.17, 15) is 14.4 Å². The highest BCUT2D eigenvalue weighted by Crippen LogP contribution is 2.29. The Balaban J connectivity index is 2.14. The van der Waals surface area contributed by atoms with Gasteiger partial charge in [0.1, 0.15) is 0 Å². The van der Waals surface area contributed by atoms with Crippen LogP contribution in [-0.4, -0.2) is 36.1 Å². The van der Waals surface area contributed by atoms with Gasteiger partial charge in [0.15, 0.2) is 0 Å². The Labute approximate surface area is 141 Å². The summed E-state index contributed by atoms with van der Waals surface area (Å²) in [7, 11) is 0. The molecule has 1 unspecified atom stereocenters. The summed E-state index contributed by atoms with van der Waals surface area (Å²) < 4.78 is 5.37. The number of fused-ring (bicyclic) bond motifs is 1. The summed E-state index contributed by atoms with van der Waals surface area (Å²) in [5.41, 5.74) is -0.00673. The quantitative estimate of drug-likeness (QED) is 0.455. The zero-order chi connectivity index (χ0) is 17.9. The van der Waals surface area contributed by atoms with Crippen molar-refractivity contribution in [1.82, 2.24) is 5.06 Å². The lowest BCUT2D eigenvalue weighted by Gasteiger charge is -2.29. The van der Waals surface area contributed by atoms with Gasteiger partial charge >= 0.3 is 5.97 Å². The molecule has 0 saturated carbocycles. The van der Waals surface area contributed by atoms with Crippen LogP contribution in [0.25, 0.3) is 0 Å². The van der Waals surface area contributed by atoms with Crippen LogP contribution in [0.4, 0.5) is 0 Å². The third-order valence-corrected chi connectivity index (χ3v) is 3.79. The van der Waals surface area contributed by atoms with E-state index in [0.717, 1.165) is 0 Å².